The largest absolute Gasteiger partial charge is 0.394 e. The standard InChI is InChI=1S/C14H24O13/c1-4(16)27-23-3-6-7(17)8(18)11(21)14(25-6)26-12-5(2-15)24-13(22)10(20)9(12)19/h5-15,17-22H,2-3H2,1H3/t5-,6-,7-,8+,9-,10-,11-,12-,13-,14+/m1/s1. The second-order valence-electron chi connectivity index (χ2n) is 6.20. The number of hydrogen-bond donors (Lipinski definition) is 7. The van der Waals surface area contributed by atoms with Gasteiger partial charge in [-0.2, -0.15) is 4.89 Å². The zero-order valence-electron chi connectivity index (χ0n) is 14.3. The van der Waals surface area contributed by atoms with Crippen molar-refractivity contribution in [2.75, 3.05) is 13.2 Å². The summed E-state index contributed by atoms with van der Waals surface area (Å²) in [4.78, 5) is 19.5. The molecule has 2 saturated heterocycles. The summed E-state index contributed by atoms with van der Waals surface area (Å²) in [6.45, 7) is -0.154. The van der Waals surface area contributed by atoms with Crippen LogP contribution in [-0.2, 0) is 28.8 Å². The van der Waals surface area contributed by atoms with Crippen LogP contribution in [-0.4, -0.2) is 116 Å². The third kappa shape index (κ3) is 5.10. The predicted octanol–water partition coefficient (Wildman–Crippen LogP) is -4.89. The van der Waals surface area contributed by atoms with E-state index in [1.54, 1.807) is 0 Å². The normalized spacial score (nSPS) is 45.5. The molecule has 0 amide bonds. The minimum absolute atomic E-state index is 0.515. The molecule has 27 heavy (non-hydrogen) atoms. The Bertz CT molecular complexity index is 488. The molecule has 13 heteroatoms. The molecule has 158 valence electrons. The molecule has 2 rings (SSSR count). The van der Waals surface area contributed by atoms with Crippen molar-refractivity contribution in [3.63, 3.8) is 0 Å². The second kappa shape index (κ2) is 9.49. The molecule has 13 nitrogen and oxygen atoms in total. The Morgan fingerprint density at radius 2 is 1.56 bits per heavy atom. The SMILES string of the molecule is CC(=O)OOC[C@H]1O[C@@H](O[C@H]2[C@H](O)[C@@H](O)[C@H](O)O[C@@H]2CO)[C@H](O)[C@@H](O)[C@@H]1O. The smallest absolute Gasteiger partial charge is 0.339 e. The molecule has 0 aromatic carbocycles. The number of carbonyl (C=O) groups is 1. The minimum atomic E-state index is -1.78. The fraction of sp³-hybridized carbons (Fsp3) is 0.929. The van der Waals surface area contributed by atoms with Crippen LogP contribution in [0, 0.1) is 0 Å². The molecule has 2 heterocycles. The lowest BCUT2D eigenvalue weighted by molar-refractivity contribution is -0.366. The van der Waals surface area contributed by atoms with Crippen molar-refractivity contribution in [2.24, 2.45) is 0 Å². The van der Waals surface area contributed by atoms with Crippen LogP contribution in [0.2, 0.25) is 0 Å². The number of carbonyl (C=O) groups excluding carboxylic acids is 1. The van der Waals surface area contributed by atoms with Gasteiger partial charge in [0.15, 0.2) is 12.6 Å². The van der Waals surface area contributed by atoms with Crippen LogP contribution >= 0.6 is 0 Å². The quantitative estimate of drug-likeness (QED) is 0.165. The zero-order chi connectivity index (χ0) is 20.3. The summed E-state index contributed by atoms with van der Waals surface area (Å²) in [7, 11) is 0. The maximum absolute atomic E-state index is 10.7. The van der Waals surface area contributed by atoms with Gasteiger partial charge in [-0.1, -0.05) is 0 Å². The fourth-order valence-corrected chi connectivity index (χ4v) is 2.74. The van der Waals surface area contributed by atoms with E-state index in [0.29, 0.717) is 0 Å². The van der Waals surface area contributed by atoms with Gasteiger partial charge in [0.05, 0.1) is 6.61 Å². The average molecular weight is 400 g/mol. The van der Waals surface area contributed by atoms with Crippen molar-refractivity contribution >= 4 is 5.97 Å². The molecule has 0 aliphatic carbocycles. The maximum atomic E-state index is 10.7. The van der Waals surface area contributed by atoms with Gasteiger partial charge in [0, 0.05) is 6.92 Å². The van der Waals surface area contributed by atoms with Gasteiger partial charge in [0.1, 0.15) is 55.4 Å². The Labute approximate surface area is 153 Å². The van der Waals surface area contributed by atoms with Gasteiger partial charge >= 0.3 is 5.97 Å². The Hall–Kier alpha value is -0.970. The topological polar surface area (TPSA) is 205 Å². The molecule has 0 saturated carbocycles. The number of ether oxygens (including phenoxy) is 3. The van der Waals surface area contributed by atoms with E-state index in [-0.39, 0.29) is 0 Å². The highest BCUT2D eigenvalue weighted by Crippen LogP contribution is 2.28. The predicted molar refractivity (Wildman–Crippen MR) is 79.3 cm³/mol. The molecule has 0 radical (unpaired) electrons. The van der Waals surface area contributed by atoms with Crippen molar-refractivity contribution in [1.29, 1.82) is 0 Å². The van der Waals surface area contributed by atoms with Crippen molar-refractivity contribution in [1.82, 2.24) is 0 Å². The summed E-state index contributed by atoms with van der Waals surface area (Å²) in [6.07, 6.45) is -16.1. The first kappa shape index (κ1) is 22.3. The van der Waals surface area contributed by atoms with Crippen LogP contribution in [0.1, 0.15) is 6.92 Å². The molecule has 0 aromatic rings. The van der Waals surface area contributed by atoms with Crippen LogP contribution in [0.15, 0.2) is 0 Å². The molecular formula is C14H24O13. The van der Waals surface area contributed by atoms with Crippen molar-refractivity contribution in [3.8, 4) is 0 Å². The van der Waals surface area contributed by atoms with Crippen LogP contribution in [0.5, 0.6) is 0 Å². The highest BCUT2D eigenvalue weighted by molar-refractivity contribution is 5.65. The van der Waals surface area contributed by atoms with E-state index in [9.17, 15) is 40.5 Å². The van der Waals surface area contributed by atoms with Crippen LogP contribution < -0.4 is 0 Å². The molecule has 0 aromatic heterocycles. The summed E-state index contributed by atoms with van der Waals surface area (Å²) in [5.41, 5.74) is 0. The Kier molecular flexibility index (Phi) is 7.84. The summed E-state index contributed by atoms with van der Waals surface area (Å²) < 4.78 is 15.5. The second-order valence-corrected chi connectivity index (χ2v) is 6.20. The van der Waals surface area contributed by atoms with Gasteiger partial charge in [0.25, 0.3) is 0 Å². The Morgan fingerprint density at radius 1 is 0.889 bits per heavy atom. The Morgan fingerprint density at radius 3 is 2.15 bits per heavy atom. The van der Waals surface area contributed by atoms with Crippen LogP contribution in [0.25, 0.3) is 0 Å². The van der Waals surface area contributed by atoms with Gasteiger partial charge in [-0.05, 0) is 0 Å². The van der Waals surface area contributed by atoms with Crippen LogP contribution in [0.4, 0.5) is 0 Å². The lowest BCUT2D eigenvalue weighted by Gasteiger charge is -2.45. The van der Waals surface area contributed by atoms with Gasteiger partial charge in [0.2, 0.25) is 0 Å². The third-order valence-corrected chi connectivity index (χ3v) is 4.21. The summed E-state index contributed by atoms with van der Waals surface area (Å²) in [5.74, 6) is -0.769. The van der Waals surface area contributed by atoms with E-state index < -0.39 is 80.6 Å². The fourth-order valence-electron chi connectivity index (χ4n) is 2.74. The summed E-state index contributed by atoms with van der Waals surface area (Å²) in [6, 6.07) is 0. The number of aliphatic hydroxyl groups excluding tert-OH is 7. The molecule has 0 spiro atoms. The molecule has 2 aliphatic rings. The third-order valence-electron chi connectivity index (χ3n) is 4.21. The molecule has 0 bridgehead atoms. The summed E-state index contributed by atoms with van der Waals surface area (Å²) in [5, 5.41) is 68.5. The highest BCUT2D eigenvalue weighted by atomic mass is 17.2. The van der Waals surface area contributed by atoms with Crippen LogP contribution in [0.3, 0.4) is 0 Å². The number of rotatable bonds is 6. The van der Waals surface area contributed by atoms with E-state index in [0.717, 1.165) is 6.92 Å². The van der Waals surface area contributed by atoms with Crippen molar-refractivity contribution < 1.29 is 64.5 Å². The maximum Gasteiger partial charge on any atom is 0.339 e. The van der Waals surface area contributed by atoms with E-state index >= 15 is 0 Å². The van der Waals surface area contributed by atoms with Crippen molar-refractivity contribution in [2.45, 2.75) is 68.3 Å². The Balaban J connectivity index is 2.07. The molecule has 2 aliphatic heterocycles. The molecule has 2 fully saturated rings. The van der Waals surface area contributed by atoms with E-state index in [2.05, 4.69) is 9.78 Å². The first-order chi connectivity index (χ1) is 12.7. The minimum Gasteiger partial charge on any atom is -0.394 e. The molecular weight excluding hydrogens is 376 g/mol. The number of hydrogen-bond acceptors (Lipinski definition) is 13. The molecule has 0 unspecified atom stereocenters. The average Bonchev–Trinajstić information content (AvgIpc) is 2.63. The van der Waals surface area contributed by atoms with E-state index in [1.165, 1.54) is 0 Å². The van der Waals surface area contributed by atoms with Gasteiger partial charge in [-0.15, -0.1) is 0 Å². The highest BCUT2D eigenvalue weighted by Gasteiger charge is 2.50. The molecule has 10 atom stereocenters. The van der Waals surface area contributed by atoms with E-state index in [1.807, 2.05) is 0 Å². The van der Waals surface area contributed by atoms with Gasteiger partial charge in [-0.25, -0.2) is 4.79 Å². The lowest BCUT2D eigenvalue weighted by atomic mass is 9.97. The first-order valence-electron chi connectivity index (χ1n) is 8.13. The molecule has 7 N–H and O–H groups in total. The lowest BCUT2D eigenvalue weighted by Crippen LogP contribution is -2.64. The van der Waals surface area contributed by atoms with E-state index in [4.69, 9.17) is 14.2 Å². The van der Waals surface area contributed by atoms with Crippen molar-refractivity contribution in [3.05, 3.63) is 0 Å². The first-order valence-corrected chi connectivity index (χ1v) is 8.13. The van der Waals surface area contributed by atoms with Gasteiger partial charge in [-0.3, -0.25) is 4.89 Å². The zero-order valence-corrected chi connectivity index (χ0v) is 14.3. The monoisotopic (exact) mass is 400 g/mol. The number of aliphatic hydroxyl groups is 7. The summed E-state index contributed by atoms with van der Waals surface area (Å²) >= 11 is 0. The van der Waals surface area contributed by atoms with Gasteiger partial charge < -0.3 is 50.0 Å².